The van der Waals surface area contributed by atoms with Crippen molar-refractivity contribution >= 4 is 69.7 Å². The highest BCUT2D eigenvalue weighted by molar-refractivity contribution is 7.16. The van der Waals surface area contributed by atoms with E-state index in [1.54, 1.807) is 23.5 Å². The average molecular weight is 876 g/mol. The summed E-state index contributed by atoms with van der Waals surface area (Å²) >= 11 is 2.89. The molecule has 5 rings (SSSR count). The molecule has 0 saturated carbocycles. The van der Waals surface area contributed by atoms with Gasteiger partial charge in [0.2, 0.25) is 0 Å². The topological polar surface area (TPSA) is 134 Å². The molecule has 0 N–H and O–H groups in total. The number of methoxy groups -OCH3 is 2. The van der Waals surface area contributed by atoms with Gasteiger partial charge in [-0.05, 0) is 94.7 Å². The predicted octanol–water partition coefficient (Wildman–Crippen LogP) is 8.13. The Bertz CT molecular complexity index is 2380. The van der Waals surface area contributed by atoms with Crippen LogP contribution in [0.15, 0.2) is 53.5 Å². The van der Waals surface area contributed by atoms with E-state index in [4.69, 9.17) is 28.9 Å². The molecule has 0 atom stereocenters. The van der Waals surface area contributed by atoms with Gasteiger partial charge in [0.25, 0.3) is 0 Å². The van der Waals surface area contributed by atoms with Gasteiger partial charge < -0.3 is 23.8 Å². The summed E-state index contributed by atoms with van der Waals surface area (Å²) in [6.45, 7) is 11.2. The molecule has 0 fully saturated rings. The number of para-hydroxylation sites is 1. The summed E-state index contributed by atoms with van der Waals surface area (Å²) < 4.78 is 39.9. The van der Waals surface area contributed by atoms with Gasteiger partial charge in [0, 0.05) is 38.1 Å². The standard InChI is InChI=1S/C43H54FN7O6S2Si/c1-30-27-37(47-48-40(30)46-43-51(29-56-25-26-60(6,7)8)33-16-9-10-17-35(33)58-43)50(23-12-11-19-38(52)54-4)42-45-39(41(53)55-5)36(59-42)18-14-24-57-34-21-20-31(28-32(34)44)15-13-22-49(2)3/h9-10,16-17,20-21,27-28H,11-12,14,18-19,22-26,29H2,1-8H3/b46-43-. The van der Waals surface area contributed by atoms with Crippen LogP contribution in [-0.2, 0) is 32.2 Å². The number of hydrogen-bond donors (Lipinski definition) is 0. The molecule has 0 aliphatic rings. The quantitative estimate of drug-likeness (QED) is 0.0325. The Morgan fingerprint density at radius 3 is 2.50 bits per heavy atom. The van der Waals surface area contributed by atoms with Gasteiger partial charge in [0.05, 0.1) is 37.6 Å². The first kappa shape index (κ1) is 46.1. The lowest BCUT2D eigenvalue weighted by atomic mass is 10.2. The summed E-state index contributed by atoms with van der Waals surface area (Å²) in [5, 5.41) is 9.72. The minimum absolute atomic E-state index is 0.126. The van der Waals surface area contributed by atoms with Crippen LogP contribution in [0.4, 0.5) is 21.2 Å². The van der Waals surface area contributed by atoms with E-state index in [1.807, 2.05) is 49.0 Å². The lowest BCUT2D eigenvalue weighted by Crippen LogP contribution is -2.23. The Morgan fingerprint density at radius 2 is 1.78 bits per heavy atom. The monoisotopic (exact) mass is 875 g/mol. The van der Waals surface area contributed by atoms with E-state index < -0.39 is 19.9 Å². The number of aromatic nitrogens is 4. The van der Waals surface area contributed by atoms with Crippen LogP contribution in [0.1, 0.15) is 52.2 Å². The van der Waals surface area contributed by atoms with Crippen molar-refractivity contribution in [3.8, 4) is 17.6 Å². The molecule has 3 aromatic heterocycles. The number of esters is 2. The van der Waals surface area contributed by atoms with Crippen molar-refractivity contribution in [1.82, 2.24) is 24.6 Å². The molecular formula is C43H54FN7O6S2Si. The molecule has 0 amide bonds. The van der Waals surface area contributed by atoms with E-state index >= 15 is 0 Å². The normalized spacial score (nSPS) is 11.8. The molecule has 0 bridgehead atoms. The number of thiazole rings is 2. The molecule has 0 spiro atoms. The minimum Gasteiger partial charge on any atom is -0.491 e. The van der Waals surface area contributed by atoms with Gasteiger partial charge in [0.15, 0.2) is 38.8 Å². The van der Waals surface area contributed by atoms with Gasteiger partial charge in [-0.1, -0.05) is 55.0 Å². The van der Waals surface area contributed by atoms with E-state index in [1.165, 1.54) is 31.6 Å². The van der Waals surface area contributed by atoms with Gasteiger partial charge in [-0.25, -0.2) is 14.2 Å². The van der Waals surface area contributed by atoms with Crippen molar-refractivity contribution in [2.75, 3.05) is 59.5 Å². The van der Waals surface area contributed by atoms with Crippen LogP contribution >= 0.6 is 22.7 Å². The summed E-state index contributed by atoms with van der Waals surface area (Å²) in [6.07, 6.45) is 2.32. The van der Waals surface area contributed by atoms with Gasteiger partial charge in [-0.15, -0.1) is 21.5 Å². The molecule has 0 aliphatic carbocycles. The number of carbonyl (C=O) groups is 2. The highest BCUT2D eigenvalue weighted by Crippen LogP contribution is 2.34. The number of ether oxygens (including phenoxy) is 4. The van der Waals surface area contributed by atoms with Crippen LogP contribution in [0.25, 0.3) is 10.2 Å². The van der Waals surface area contributed by atoms with Crippen LogP contribution in [0.2, 0.25) is 25.7 Å². The summed E-state index contributed by atoms with van der Waals surface area (Å²) in [7, 11) is 5.26. The molecule has 3 heterocycles. The lowest BCUT2D eigenvalue weighted by Gasteiger charge is -2.21. The van der Waals surface area contributed by atoms with Crippen LogP contribution < -0.4 is 14.4 Å². The van der Waals surface area contributed by atoms with Crippen LogP contribution in [0.3, 0.4) is 0 Å². The van der Waals surface area contributed by atoms with E-state index in [9.17, 15) is 14.0 Å². The number of carbonyl (C=O) groups excluding carboxylic acids is 2. The maximum atomic E-state index is 14.8. The summed E-state index contributed by atoms with van der Waals surface area (Å²) in [6, 6.07) is 15.8. The third-order valence-electron chi connectivity index (χ3n) is 9.13. The zero-order chi connectivity index (χ0) is 43.2. The summed E-state index contributed by atoms with van der Waals surface area (Å²) in [5.74, 6) is 5.69. The molecule has 60 heavy (non-hydrogen) atoms. The molecule has 5 aromatic rings. The molecule has 13 nitrogen and oxygen atoms in total. The van der Waals surface area contributed by atoms with Crippen molar-refractivity contribution in [3.05, 3.63) is 80.8 Å². The highest BCUT2D eigenvalue weighted by Gasteiger charge is 2.24. The van der Waals surface area contributed by atoms with Crippen molar-refractivity contribution in [3.63, 3.8) is 0 Å². The van der Waals surface area contributed by atoms with Crippen molar-refractivity contribution in [1.29, 1.82) is 0 Å². The maximum Gasteiger partial charge on any atom is 0.357 e. The molecule has 0 saturated heterocycles. The number of hydrogen-bond acceptors (Lipinski definition) is 14. The van der Waals surface area contributed by atoms with Crippen molar-refractivity contribution < 1.29 is 32.9 Å². The second-order valence-corrected chi connectivity index (χ2v) is 23.2. The molecule has 0 radical (unpaired) electrons. The average Bonchev–Trinajstić information content (AvgIpc) is 3.79. The van der Waals surface area contributed by atoms with Crippen LogP contribution in [0, 0.1) is 24.6 Å². The molecule has 320 valence electrons. The second kappa shape index (κ2) is 22.0. The maximum absolute atomic E-state index is 14.8. The van der Waals surface area contributed by atoms with Gasteiger partial charge >= 0.3 is 11.9 Å². The third-order valence-corrected chi connectivity index (χ3v) is 13.0. The van der Waals surface area contributed by atoms with Crippen molar-refractivity contribution in [2.24, 2.45) is 4.99 Å². The second-order valence-electron chi connectivity index (χ2n) is 15.5. The van der Waals surface area contributed by atoms with E-state index in [0.29, 0.717) is 79.3 Å². The van der Waals surface area contributed by atoms with Gasteiger partial charge in [0.1, 0.15) is 6.73 Å². The fourth-order valence-electron chi connectivity index (χ4n) is 5.80. The third kappa shape index (κ3) is 13.3. The van der Waals surface area contributed by atoms with Gasteiger partial charge in [-0.3, -0.25) is 14.3 Å². The van der Waals surface area contributed by atoms with E-state index in [0.717, 1.165) is 26.6 Å². The lowest BCUT2D eigenvalue weighted by molar-refractivity contribution is -0.140. The SMILES string of the molecule is COC(=O)CCCCN(c1cc(C)c(/N=c2\sc3ccccc3n2COCC[Si](C)(C)C)nn1)c1nc(C(=O)OC)c(CCCOc2ccc(C#CCN(C)C)cc2F)s1. The number of rotatable bonds is 20. The molecule has 0 unspecified atom stereocenters. The molecule has 2 aromatic carbocycles. The molecule has 0 aliphatic heterocycles. The van der Waals surface area contributed by atoms with Gasteiger partial charge in [-0.2, -0.15) is 4.99 Å². The predicted molar refractivity (Wildman–Crippen MR) is 238 cm³/mol. The van der Waals surface area contributed by atoms with Crippen LogP contribution in [0.5, 0.6) is 5.75 Å². The number of unbranched alkanes of at least 4 members (excludes halogenated alkanes) is 1. The first-order valence-corrected chi connectivity index (χ1v) is 25.1. The summed E-state index contributed by atoms with van der Waals surface area (Å²) in [5.41, 5.74) is 2.57. The Hall–Kier alpha value is -4.99. The summed E-state index contributed by atoms with van der Waals surface area (Å²) in [4.78, 5) is 39.9. The zero-order valence-corrected chi connectivity index (χ0v) is 38.3. The molecular weight excluding hydrogens is 822 g/mol. The smallest absolute Gasteiger partial charge is 0.357 e. The number of benzene rings is 2. The first-order chi connectivity index (χ1) is 28.8. The number of aryl methyl sites for hydroxylation is 2. The number of nitrogens with zero attached hydrogens (tertiary/aromatic N) is 7. The number of halogens is 1. The molecule has 17 heteroatoms. The first-order valence-electron chi connectivity index (χ1n) is 19.8. The van der Waals surface area contributed by atoms with Crippen molar-refractivity contribution in [2.45, 2.75) is 71.4 Å². The Labute approximate surface area is 360 Å². The minimum atomic E-state index is -1.26. The Kier molecular flexibility index (Phi) is 16.9. The zero-order valence-electron chi connectivity index (χ0n) is 35.7. The highest BCUT2D eigenvalue weighted by atomic mass is 32.1. The Balaban J connectivity index is 1.38. The fourth-order valence-corrected chi connectivity index (χ4v) is 8.70. The van der Waals surface area contributed by atoms with E-state index in [2.05, 4.69) is 58.4 Å². The van der Waals surface area contributed by atoms with Crippen LogP contribution in [-0.4, -0.2) is 99.3 Å². The number of anilines is 2. The van der Waals surface area contributed by atoms with E-state index in [-0.39, 0.29) is 30.4 Å². The number of fused-ring (bicyclic) bond motifs is 1. The largest absolute Gasteiger partial charge is 0.491 e. The Morgan fingerprint density at radius 1 is 0.983 bits per heavy atom. The fraction of sp³-hybridized carbons (Fsp3) is 0.442.